The number of nitrogens with one attached hydrogen (secondary N) is 1. The smallest absolute Gasteiger partial charge is 0.261 e. The van der Waals surface area contributed by atoms with E-state index in [0.29, 0.717) is 17.1 Å². The number of sulfonamides is 1. The van der Waals surface area contributed by atoms with E-state index in [-0.39, 0.29) is 4.90 Å². The zero-order valence-electron chi connectivity index (χ0n) is 11.4. The monoisotopic (exact) mass is 309 g/mol. The number of anilines is 1. The van der Waals surface area contributed by atoms with Gasteiger partial charge in [0.2, 0.25) is 0 Å². The summed E-state index contributed by atoms with van der Waals surface area (Å²) in [5.74, 6) is 0. The van der Waals surface area contributed by atoms with Gasteiger partial charge in [-0.25, -0.2) is 8.42 Å². The standard InChI is InChI=1S/C15H16ClNO2S/c1-3-13-14(16)5-4-6-15(13)17-20(18,19)12-9-7-11(2)8-10-12/h4-10,17H,3H2,1-2H3. The second-order valence-corrected chi connectivity index (χ2v) is 6.63. The van der Waals surface area contributed by atoms with E-state index in [1.165, 1.54) is 0 Å². The Morgan fingerprint density at radius 3 is 2.35 bits per heavy atom. The van der Waals surface area contributed by atoms with Crippen LogP contribution in [0, 0.1) is 6.92 Å². The van der Waals surface area contributed by atoms with Gasteiger partial charge in [0.1, 0.15) is 0 Å². The molecule has 0 amide bonds. The maximum atomic E-state index is 12.3. The van der Waals surface area contributed by atoms with Gasteiger partial charge in [-0.05, 0) is 43.2 Å². The Bertz CT molecular complexity index is 709. The third-order valence-electron chi connectivity index (χ3n) is 3.05. The van der Waals surface area contributed by atoms with Crippen LogP contribution in [0.5, 0.6) is 0 Å². The largest absolute Gasteiger partial charge is 0.279 e. The molecule has 0 radical (unpaired) electrons. The van der Waals surface area contributed by atoms with Gasteiger partial charge < -0.3 is 0 Å². The molecule has 0 bridgehead atoms. The number of hydrogen-bond donors (Lipinski definition) is 1. The van der Waals surface area contributed by atoms with Crippen molar-refractivity contribution in [3.8, 4) is 0 Å². The van der Waals surface area contributed by atoms with Gasteiger partial charge in [0, 0.05) is 5.02 Å². The Hall–Kier alpha value is -1.52. The van der Waals surface area contributed by atoms with E-state index < -0.39 is 10.0 Å². The molecule has 0 aliphatic carbocycles. The minimum Gasteiger partial charge on any atom is -0.279 e. The Morgan fingerprint density at radius 1 is 1.10 bits per heavy atom. The zero-order valence-corrected chi connectivity index (χ0v) is 12.9. The van der Waals surface area contributed by atoms with Crippen molar-refractivity contribution in [1.82, 2.24) is 0 Å². The van der Waals surface area contributed by atoms with Crippen LogP contribution >= 0.6 is 11.6 Å². The van der Waals surface area contributed by atoms with E-state index in [1.807, 2.05) is 13.8 Å². The summed E-state index contributed by atoms with van der Waals surface area (Å²) in [4.78, 5) is 0.241. The number of halogens is 1. The molecule has 0 fully saturated rings. The van der Waals surface area contributed by atoms with Crippen LogP contribution in [-0.2, 0) is 16.4 Å². The van der Waals surface area contributed by atoms with Crippen molar-refractivity contribution in [2.45, 2.75) is 25.2 Å². The Morgan fingerprint density at radius 2 is 1.75 bits per heavy atom. The van der Waals surface area contributed by atoms with E-state index in [9.17, 15) is 8.42 Å². The molecular weight excluding hydrogens is 294 g/mol. The van der Waals surface area contributed by atoms with Gasteiger partial charge in [-0.1, -0.05) is 42.3 Å². The first-order valence-electron chi connectivity index (χ1n) is 6.31. The van der Waals surface area contributed by atoms with Crippen LogP contribution in [0.2, 0.25) is 5.02 Å². The van der Waals surface area contributed by atoms with E-state index >= 15 is 0 Å². The third kappa shape index (κ3) is 3.14. The second kappa shape index (κ2) is 5.85. The highest BCUT2D eigenvalue weighted by atomic mass is 35.5. The second-order valence-electron chi connectivity index (χ2n) is 4.54. The molecule has 0 unspecified atom stereocenters. The van der Waals surface area contributed by atoms with Crippen molar-refractivity contribution in [2.75, 3.05) is 4.72 Å². The summed E-state index contributed by atoms with van der Waals surface area (Å²) >= 11 is 6.09. The molecule has 0 aliphatic heterocycles. The number of aryl methyl sites for hydroxylation is 1. The van der Waals surface area contributed by atoms with Crippen molar-refractivity contribution < 1.29 is 8.42 Å². The van der Waals surface area contributed by atoms with Gasteiger partial charge in [0.15, 0.2) is 0 Å². The molecule has 3 nitrogen and oxygen atoms in total. The van der Waals surface area contributed by atoms with Gasteiger partial charge in [0.05, 0.1) is 10.6 Å². The first kappa shape index (κ1) is 14.9. The van der Waals surface area contributed by atoms with Crippen molar-refractivity contribution in [3.05, 3.63) is 58.6 Å². The van der Waals surface area contributed by atoms with Gasteiger partial charge in [-0.3, -0.25) is 4.72 Å². The van der Waals surface area contributed by atoms with Crippen LogP contribution < -0.4 is 4.72 Å². The van der Waals surface area contributed by atoms with E-state index in [0.717, 1.165) is 11.1 Å². The molecule has 0 atom stereocenters. The zero-order chi connectivity index (χ0) is 14.8. The molecule has 5 heteroatoms. The predicted molar refractivity (Wildman–Crippen MR) is 82.8 cm³/mol. The number of hydrogen-bond acceptors (Lipinski definition) is 2. The van der Waals surface area contributed by atoms with E-state index in [2.05, 4.69) is 4.72 Å². The van der Waals surface area contributed by atoms with Gasteiger partial charge in [-0.2, -0.15) is 0 Å². The molecule has 0 saturated carbocycles. The molecule has 1 N–H and O–H groups in total. The quantitative estimate of drug-likeness (QED) is 0.927. The predicted octanol–water partition coefficient (Wildman–Crippen LogP) is 4.01. The highest BCUT2D eigenvalue weighted by Crippen LogP contribution is 2.27. The first-order valence-corrected chi connectivity index (χ1v) is 8.17. The van der Waals surface area contributed by atoms with Gasteiger partial charge >= 0.3 is 0 Å². The summed E-state index contributed by atoms with van der Waals surface area (Å²) in [6.07, 6.45) is 0.658. The lowest BCUT2D eigenvalue weighted by molar-refractivity contribution is 0.601. The molecule has 0 heterocycles. The Labute approximate surface area is 124 Å². The van der Waals surface area contributed by atoms with Crippen LogP contribution in [0.4, 0.5) is 5.69 Å². The highest BCUT2D eigenvalue weighted by molar-refractivity contribution is 7.92. The fourth-order valence-corrected chi connectivity index (χ4v) is 3.34. The topological polar surface area (TPSA) is 46.2 Å². The summed E-state index contributed by atoms with van der Waals surface area (Å²) in [5.41, 5.74) is 2.34. The minimum absolute atomic E-state index is 0.241. The summed E-state index contributed by atoms with van der Waals surface area (Å²) in [7, 11) is -3.59. The molecule has 20 heavy (non-hydrogen) atoms. The number of rotatable bonds is 4. The highest BCUT2D eigenvalue weighted by Gasteiger charge is 2.16. The van der Waals surface area contributed by atoms with Gasteiger partial charge in [0.25, 0.3) is 10.0 Å². The molecule has 0 spiro atoms. The molecule has 2 aromatic carbocycles. The lowest BCUT2D eigenvalue weighted by Crippen LogP contribution is -2.14. The minimum atomic E-state index is -3.59. The van der Waals surface area contributed by atoms with E-state index in [4.69, 9.17) is 11.6 Å². The average molecular weight is 310 g/mol. The Balaban J connectivity index is 2.38. The average Bonchev–Trinajstić information content (AvgIpc) is 2.39. The molecule has 2 rings (SSSR count). The molecule has 2 aromatic rings. The SMILES string of the molecule is CCc1c(Cl)cccc1NS(=O)(=O)c1ccc(C)cc1. The van der Waals surface area contributed by atoms with Crippen LogP contribution in [-0.4, -0.2) is 8.42 Å². The van der Waals surface area contributed by atoms with Crippen molar-refractivity contribution in [1.29, 1.82) is 0 Å². The van der Waals surface area contributed by atoms with Crippen LogP contribution in [0.3, 0.4) is 0 Å². The van der Waals surface area contributed by atoms with Crippen LogP contribution in [0.15, 0.2) is 47.4 Å². The van der Waals surface area contributed by atoms with Crippen molar-refractivity contribution in [3.63, 3.8) is 0 Å². The fourth-order valence-electron chi connectivity index (χ4n) is 1.93. The van der Waals surface area contributed by atoms with Gasteiger partial charge in [-0.15, -0.1) is 0 Å². The lowest BCUT2D eigenvalue weighted by Gasteiger charge is -2.13. The molecule has 0 aromatic heterocycles. The fraction of sp³-hybridized carbons (Fsp3) is 0.200. The maximum absolute atomic E-state index is 12.3. The normalized spacial score (nSPS) is 11.3. The van der Waals surface area contributed by atoms with E-state index in [1.54, 1.807) is 42.5 Å². The maximum Gasteiger partial charge on any atom is 0.261 e. The Kier molecular flexibility index (Phi) is 4.35. The summed E-state index contributed by atoms with van der Waals surface area (Å²) in [6, 6.07) is 11.9. The van der Waals surface area contributed by atoms with Crippen molar-refractivity contribution >= 4 is 27.3 Å². The molecule has 106 valence electrons. The number of benzene rings is 2. The first-order chi connectivity index (χ1) is 9.44. The summed E-state index contributed by atoms with van der Waals surface area (Å²) in [5, 5.41) is 0.566. The molecule has 0 aliphatic rings. The summed E-state index contributed by atoms with van der Waals surface area (Å²) in [6.45, 7) is 3.85. The lowest BCUT2D eigenvalue weighted by atomic mass is 10.1. The molecular formula is C15H16ClNO2S. The van der Waals surface area contributed by atoms with Crippen LogP contribution in [0.25, 0.3) is 0 Å². The molecule has 0 saturated heterocycles. The van der Waals surface area contributed by atoms with Crippen LogP contribution in [0.1, 0.15) is 18.1 Å². The third-order valence-corrected chi connectivity index (χ3v) is 4.78. The van der Waals surface area contributed by atoms with Crippen molar-refractivity contribution in [2.24, 2.45) is 0 Å². The summed E-state index contributed by atoms with van der Waals surface area (Å²) < 4.78 is 27.3.